The van der Waals surface area contributed by atoms with Crippen LogP contribution in [0.15, 0.2) is 42.6 Å². The van der Waals surface area contributed by atoms with E-state index < -0.39 is 11.7 Å². The summed E-state index contributed by atoms with van der Waals surface area (Å²) >= 11 is 0. The maximum atomic E-state index is 12.4. The van der Waals surface area contributed by atoms with Crippen molar-refractivity contribution >= 4 is 0 Å². The van der Waals surface area contributed by atoms with Crippen LogP contribution in [0.5, 0.6) is 0 Å². The second-order valence-electron chi connectivity index (χ2n) is 4.15. The fraction of sp³-hybridized carbons (Fsp3) is 0.214. The number of nitrogens with two attached hydrogens (primary N) is 1. The molecule has 19 heavy (non-hydrogen) atoms. The minimum Gasteiger partial charge on any atom is -0.330 e. The van der Waals surface area contributed by atoms with Crippen molar-refractivity contribution in [1.82, 2.24) is 4.98 Å². The van der Waals surface area contributed by atoms with Crippen LogP contribution in [0.1, 0.15) is 11.3 Å². The fourth-order valence-corrected chi connectivity index (χ4v) is 1.74. The monoisotopic (exact) mass is 266 g/mol. The van der Waals surface area contributed by atoms with Gasteiger partial charge in [0.2, 0.25) is 0 Å². The van der Waals surface area contributed by atoms with Crippen LogP contribution in [-0.4, -0.2) is 11.5 Å². The number of aromatic nitrogens is 1. The second kappa shape index (κ2) is 5.40. The molecule has 1 heterocycles. The predicted molar refractivity (Wildman–Crippen MR) is 67.4 cm³/mol. The zero-order valence-corrected chi connectivity index (χ0v) is 10.1. The molecule has 100 valence electrons. The van der Waals surface area contributed by atoms with Crippen LogP contribution in [0, 0.1) is 0 Å². The van der Waals surface area contributed by atoms with Crippen LogP contribution < -0.4 is 5.73 Å². The lowest BCUT2D eigenvalue weighted by Gasteiger charge is -2.08. The summed E-state index contributed by atoms with van der Waals surface area (Å²) in [5, 5.41) is 0. The lowest BCUT2D eigenvalue weighted by atomic mass is 10.0. The van der Waals surface area contributed by atoms with E-state index in [2.05, 4.69) is 4.98 Å². The number of rotatable bonds is 3. The van der Waals surface area contributed by atoms with E-state index in [0.717, 1.165) is 23.4 Å². The Morgan fingerprint density at radius 2 is 1.58 bits per heavy atom. The molecule has 5 heteroatoms. The first-order chi connectivity index (χ1) is 9.00. The number of nitrogens with zero attached hydrogens (tertiary/aromatic N) is 1. The van der Waals surface area contributed by atoms with Gasteiger partial charge >= 0.3 is 6.18 Å². The Kier molecular flexibility index (Phi) is 3.85. The van der Waals surface area contributed by atoms with E-state index in [1.165, 1.54) is 12.1 Å². The largest absolute Gasteiger partial charge is 0.416 e. The Balaban J connectivity index is 2.22. The average Bonchev–Trinajstić information content (AvgIpc) is 2.39. The highest BCUT2D eigenvalue weighted by molar-refractivity contribution is 5.62. The standard InChI is InChI=1S/C14H13F3N2/c15-14(16,17)12-4-1-10(2-5-12)11-3-6-13(7-8-18)19-9-11/h1-6,9H,7-8,18H2. The van der Waals surface area contributed by atoms with Gasteiger partial charge in [0, 0.05) is 23.9 Å². The Labute approximate surface area is 109 Å². The third kappa shape index (κ3) is 3.32. The number of hydrogen-bond acceptors (Lipinski definition) is 2. The highest BCUT2D eigenvalue weighted by Gasteiger charge is 2.29. The molecule has 0 aliphatic heterocycles. The van der Waals surface area contributed by atoms with E-state index in [1.807, 2.05) is 12.1 Å². The first kappa shape index (κ1) is 13.5. The summed E-state index contributed by atoms with van der Waals surface area (Å²) in [4.78, 5) is 4.21. The summed E-state index contributed by atoms with van der Waals surface area (Å²) in [6.45, 7) is 0.520. The Morgan fingerprint density at radius 3 is 2.05 bits per heavy atom. The first-order valence-corrected chi connectivity index (χ1v) is 5.83. The first-order valence-electron chi connectivity index (χ1n) is 5.83. The molecule has 0 bridgehead atoms. The van der Waals surface area contributed by atoms with Crippen LogP contribution in [0.25, 0.3) is 11.1 Å². The van der Waals surface area contributed by atoms with Crippen LogP contribution in [0.4, 0.5) is 13.2 Å². The number of halogens is 3. The molecule has 0 unspecified atom stereocenters. The van der Waals surface area contributed by atoms with Gasteiger partial charge in [-0.3, -0.25) is 4.98 Å². The lowest BCUT2D eigenvalue weighted by molar-refractivity contribution is -0.137. The Bertz CT molecular complexity index is 530. The molecule has 0 saturated heterocycles. The molecule has 0 atom stereocenters. The zero-order valence-electron chi connectivity index (χ0n) is 10.1. The van der Waals surface area contributed by atoms with Gasteiger partial charge in [-0.2, -0.15) is 13.2 Å². The fourth-order valence-electron chi connectivity index (χ4n) is 1.74. The quantitative estimate of drug-likeness (QED) is 0.926. The van der Waals surface area contributed by atoms with Crippen molar-refractivity contribution in [3.8, 4) is 11.1 Å². The molecule has 0 aliphatic rings. The summed E-state index contributed by atoms with van der Waals surface area (Å²) in [6.07, 6.45) is -1.97. The number of benzene rings is 1. The van der Waals surface area contributed by atoms with E-state index in [-0.39, 0.29) is 0 Å². The molecule has 0 spiro atoms. The molecular formula is C14H13F3N2. The summed E-state index contributed by atoms with van der Waals surface area (Å²) in [5.74, 6) is 0. The molecule has 2 rings (SSSR count). The molecule has 0 amide bonds. The minimum absolute atomic E-state index is 0.520. The van der Waals surface area contributed by atoms with Crippen LogP contribution >= 0.6 is 0 Å². The van der Waals surface area contributed by atoms with Gasteiger partial charge in [0.15, 0.2) is 0 Å². The normalized spacial score (nSPS) is 11.6. The van der Waals surface area contributed by atoms with Crippen molar-refractivity contribution in [2.75, 3.05) is 6.54 Å². The summed E-state index contributed by atoms with van der Waals surface area (Å²) < 4.78 is 37.3. The third-order valence-electron chi connectivity index (χ3n) is 2.77. The van der Waals surface area contributed by atoms with E-state index in [1.54, 1.807) is 6.20 Å². The number of alkyl halides is 3. The van der Waals surface area contributed by atoms with Gasteiger partial charge in [-0.05, 0) is 30.3 Å². The highest BCUT2D eigenvalue weighted by atomic mass is 19.4. The number of pyridine rings is 1. The summed E-state index contributed by atoms with van der Waals surface area (Å²) in [7, 11) is 0. The molecule has 0 fully saturated rings. The van der Waals surface area contributed by atoms with Crippen molar-refractivity contribution in [3.05, 3.63) is 53.9 Å². The van der Waals surface area contributed by atoms with Crippen LogP contribution in [0.3, 0.4) is 0 Å². The molecular weight excluding hydrogens is 253 g/mol. The molecule has 0 aliphatic carbocycles. The van der Waals surface area contributed by atoms with E-state index in [0.29, 0.717) is 18.5 Å². The molecule has 1 aromatic carbocycles. The Hall–Kier alpha value is -1.88. The van der Waals surface area contributed by atoms with E-state index in [4.69, 9.17) is 5.73 Å². The van der Waals surface area contributed by atoms with Gasteiger partial charge < -0.3 is 5.73 Å². The molecule has 2 N–H and O–H groups in total. The highest BCUT2D eigenvalue weighted by Crippen LogP contribution is 2.30. The second-order valence-corrected chi connectivity index (χ2v) is 4.15. The zero-order chi connectivity index (χ0) is 13.9. The molecule has 2 aromatic rings. The lowest BCUT2D eigenvalue weighted by Crippen LogP contribution is -2.04. The van der Waals surface area contributed by atoms with Gasteiger partial charge in [0.05, 0.1) is 5.56 Å². The van der Waals surface area contributed by atoms with Crippen molar-refractivity contribution in [1.29, 1.82) is 0 Å². The molecule has 2 nitrogen and oxygen atoms in total. The van der Waals surface area contributed by atoms with Crippen molar-refractivity contribution < 1.29 is 13.2 Å². The topological polar surface area (TPSA) is 38.9 Å². The van der Waals surface area contributed by atoms with E-state index in [9.17, 15) is 13.2 Å². The van der Waals surface area contributed by atoms with Crippen LogP contribution in [-0.2, 0) is 12.6 Å². The van der Waals surface area contributed by atoms with Gasteiger partial charge in [-0.15, -0.1) is 0 Å². The number of hydrogen-bond donors (Lipinski definition) is 1. The molecule has 1 aromatic heterocycles. The SMILES string of the molecule is NCCc1ccc(-c2ccc(C(F)(F)F)cc2)cn1. The van der Waals surface area contributed by atoms with Gasteiger partial charge in [0.1, 0.15) is 0 Å². The molecule has 0 saturated carbocycles. The summed E-state index contributed by atoms with van der Waals surface area (Å²) in [6, 6.07) is 8.71. The predicted octanol–water partition coefficient (Wildman–Crippen LogP) is 3.27. The average molecular weight is 266 g/mol. The van der Waals surface area contributed by atoms with Gasteiger partial charge in [-0.25, -0.2) is 0 Å². The van der Waals surface area contributed by atoms with Crippen molar-refractivity contribution in [2.24, 2.45) is 5.73 Å². The third-order valence-corrected chi connectivity index (χ3v) is 2.77. The smallest absolute Gasteiger partial charge is 0.330 e. The molecule has 0 radical (unpaired) electrons. The van der Waals surface area contributed by atoms with Gasteiger partial charge in [-0.1, -0.05) is 18.2 Å². The maximum Gasteiger partial charge on any atom is 0.416 e. The van der Waals surface area contributed by atoms with Gasteiger partial charge in [0.25, 0.3) is 0 Å². The maximum absolute atomic E-state index is 12.4. The summed E-state index contributed by atoms with van der Waals surface area (Å²) in [5.41, 5.74) is 7.14. The van der Waals surface area contributed by atoms with E-state index >= 15 is 0 Å². The Morgan fingerprint density at radius 1 is 0.947 bits per heavy atom. The minimum atomic E-state index is -4.30. The van der Waals surface area contributed by atoms with Crippen molar-refractivity contribution in [3.63, 3.8) is 0 Å². The van der Waals surface area contributed by atoms with Crippen molar-refractivity contribution in [2.45, 2.75) is 12.6 Å². The van der Waals surface area contributed by atoms with Crippen LogP contribution in [0.2, 0.25) is 0 Å².